The molecule has 3 nitrogen and oxygen atoms in total. The predicted molar refractivity (Wildman–Crippen MR) is 83.4 cm³/mol. The lowest BCUT2D eigenvalue weighted by Gasteiger charge is -2.14. The van der Waals surface area contributed by atoms with E-state index in [2.05, 4.69) is 12.2 Å². The van der Waals surface area contributed by atoms with Gasteiger partial charge < -0.3 is 11.1 Å². The van der Waals surface area contributed by atoms with E-state index in [-0.39, 0.29) is 11.2 Å². The average Bonchev–Trinajstić information content (AvgIpc) is 2.39. The van der Waals surface area contributed by atoms with Crippen molar-refractivity contribution in [3.63, 3.8) is 0 Å². The summed E-state index contributed by atoms with van der Waals surface area (Å²) in [4.78, 5) is 12.9. The summed E-state index contributed by atoms with van der Waals surface area (Å²) in [5.41, 5.74) is 7.85. The van der Waals surface area contributed by atoms with E-state index >= 15 is 0 Å². The number of carbonyl (C=O) groups excluding carboxylic acids is 1. The predicted octanol–water partition coefficient (Wildman–Crippen LogP) is 3.36. The molecule has 1 aromatic rings. The van der Waals surface area contributed by atoms with Gasteiger partial charge in [-0.3, -0.25) is 4.79 Å². The van der Waals surface area contributed by atoms with Crippen LogP contribution in [-0.4, -0.2) is 17.7 Å². The molecule has 19 heavy (non-hydrogen) atoms. The molecule has 0 saturated heterocycles. The highest BCUT2D eigenvalue weighted by atomic mass is 32.2. The Morgan fingerprint density at radius 1 is 1.42 bits per heavy atom. The summed E-state index contributed by atoms with van der Waals surface area (Å²) in [5, 5.41) is 2.85. The molecule has 4 heteroatoms. The molecular weight excluding hydrogens is 256 g/mol. The second-order valence-electron chi connectivity index (χ2n) is 4.74. The van der Waals surface area contributed by atoms with Crippen molar-refractivity contribution in [1.82, 2.24) is 5.32 Å². The number of unbranched alkanes of at least 4 members (excludes halogenated alkanes) is 2. The Kier molecular flexibility index (Phi) is 6.78. The highest BCUT2D eigenvalue weighted by molar-refractivity contribution is 8.00. The van der Waals surface area contributed by atoms with E-state index in [1.165, 1.54) is 18.2 Å². The molecule has 0 aliphatic rings. The van der Waals surface area contributed by atoms with Gasteiger partial charge in [-0.25, -0.2) is 0 Å². The molecule has 1 amide bonds. The van der Waals surface area contributed by atoms with Crippen LogP contribution in [0.25, 0.3) is 0 Å². The van der Waals surface area contributed by atoms with Crippen LogP contribution in [0.5, 0.6) is 0 Å². The molecule has 106 valence electrons. The molecule has 0 saturated carbocycles. The Morgan fingerprint density at radius 3 is 2.84 bits per heavy atom. The summed E-state index contributed by atoms with van der Waals surface area (Å²) in [7, 11) is 0. The summed E-state index contributed by atoms with van der Waals surface area (Å²) in [6.07, 6.45) is 3.37. The Morgan fingerprint density at radius 2 is 2.16 bits per heavy atom. The van der Waals surface area contributed by atoms with Crippen LogP contribution >= 0.6 is 11.8 Å². The molecule has 0 aliphatic carbocycles. The van der Waals surface area contributed by atoms with E-state index in [0.717, 1.165) is 35.5 Å². The zero-order valence-corrected chi connectivity index (χ0v) is 12.8. The number of benzene rings is 1. The smallest absolute Gasteiger partial charge is 0.233 e. The highest BCUT2D eigenvalue weighted by Gasteiger charge is 2.15. The standard InChI is InChI=1S/C15H24N2OS/c1-4-5-6-10-17-15(18)12(3)19-13-9-7-8-11(2)14(13)16/h7-9,12H,4-6,10,16H2,1-3H3,(H,17,18). The van der Waals surface area contributed by atoms with E-state index in [4.69, 9.17) is 5.73 Å². The monoisotopic (exact) mass is 280 g/mol. The molecule has 0 spiro atoms. The number of amides is 1. The molecule has 1 aromatic carbocycles. The van der Waals surface area contributed by atoms with Crippen LogP contribution in [0.4, 0.5) is 5.69 Å². The molecular formula is C15H24N2OS. The molecule has 3 N–H and O–H groups in total. The number of hydrogen-bond donors (Lipinski definition) is 2. The summed E-state index contributed by atoms with van der Waals surface area (Å²) in [5.74, 6) is 0.0852. The van der Waals surface area contributed by atoms with E-state index < -0.39 is 0 Å². The van der Waals surface area contributed by atoms with Crippen LogP contribution in [-0.2, 0) is 4.79 Å². The lowest BCUT2D eigenvalue weighted by molar-refractivity contribution is -0.120. The fourth-order valence-corrected chi connectivity index (χ4v) is 2.75. The van der Waals surface area contributed by atoms with Crippen LogP contribution in [0.15, 0.2) is 23.1 Å². The first-order valence-corrected chi connectivity index (χ1v) is 7.73. The number of nitrogens with one attached hydrogen (secondary N) is 1. The van der Waals surface area contributed by atoms with Gasteiger partial charge in [0.05, 0.1) is 5.25 Å². The van der Waals surface area contributed by atoms with Gasteiger partial charge in [0.15, 0.2) is 0 Å². The van der Waals surface area contributed by atoms with Gasteiger partial charge in [0, 0.05) is 17.1 Å². The van der Waals surface area contributed by atoms with E-state index in [1.807, 2.05) is 32.0 Å². The molecule has 0 aromatic heterocycles. The van der Waals surface area contributed by atoms with Crippen LogP contribution in [0.2, 0.25) is 0 Å². The number of aryl methyl sites for hydroxylation is 1. The van der Waals surface area contributed by atoms with Gasteiger partial charge in [0.25, 0.3) is 0 Å². The van der Waals surface area contributed by atoms with Crippen molar-refractivity contribution in [3.8, 4) is 0 Å². The molecule has 0 fully saturated rings. The third kappa shape index (κ3) is 5.15. The Hall–Kier alpha value is -1.16. The van der Waals surface area contributed by atoms with Crippen molar-refractivity contribution in [1.29, 1.82) is 0 Å². The lowest BCUT2D eigenvalue weighted by Crippen LogP contribution is -2.31. The minimum Gasteiger partial charge on any atom is -0.398 e. The maximum absolute atomic E-state index is 11.9. The molecule has 0 radical (unpaired) electrons. The van der Waals surface area contributed by atoms with Crippen LogP contribution < -0.4 is 11.1 Å². The zero-order chi connectivity index (χ0) is 14.3. The van der Waals surface area contributed by atoms with Gasteiger partial charge in [-0.1, -0.05) is 31.9 Å². The van der Waals surface area contributed by atoms with Crippen molar-refractivity contribution in [2.75, 3.05) is 12.3 Å². The normalized spacial score (nSPS) is 12.2. The van der Waals surface area contributed by atoms with Crippen molar-refractivity contribution >= 4 is 23.4 Å². The molecule has 0 heterocycles. The second kappa shape index (κ2) is 8.10. The fraction of sp³-hybridized carbons (Fsp3) is 0.533. The number of hydrogen-bond acceptors (Lipinski definition) is 3. The summed E-state index contributed by atoms with van der Waals surface area (Å²) < 4.78 is 0. The first-order chi connectivity index (χ1) is 9.06. The first kappa shape index (κ1) is 15.9. The quantitative estimate of drug-likeness (QED) is 0.457. The van der Waals surface area contributed by atoms with Gasteiger partial charge in [0.1, 0.15) is 0 Å². The van der Waals surface area contributed by atoms with Crippen LogP contribution in [0.1, 0.15) is 38.7 Å². The third-order valence-electron chi connectivity index (χ3n) is 3.04. The largest absolute Gasteiger partial charge is 0.398 e. The Balaban J connectivity index is 2.47. The number of nitrogen functional groups attached to an aromatic ring is 1. The molecule has 1 rings (SSSR count). The topological polar surface area (TPSA) is 55.1 Å². The fourth-order valence-electron chi connectivity index (χ4n) is 1.73. The number of para-hydroxylation sites is 1. The number of carbonyl (C=O) groups is 1. The van der Waals surface area contributed by atoms with E-state index in [9.17, 15) is 4.79 Å². The summed E-state index contributed by atoms with van der Waals surface area (Å²) in [6, 6.07) is 5.92. The van der Waals surface area contributed by atoms with E-state index in [1.54, 1.807) is 0 Å². The average molecular weight is 280 g/mol. The zero-order valence-electron chi connectivity index (χ0n) is 12.0. The number of anilines is 1. The van der Waals surface area contributed by atoms with Crippen molar-refractivity contribution in [2.45, 2.75) is 50.2 Å². The maximum atomic E-state index is 11.9. The maximum Gasteiger partial charge on any atom is 0.233 e. The minimum absolute atomic E-state index is 0.0852. The van der Waals surface area contributed by atoms with Crippen molar-refractivity contribution in [3.05, 3.63) is 23.8 Å². The van der Waals surface area contributed by atoms with Gasteiger partial charge in [-0.05, 0) is 31.9 Å². The van der Waals surface area contributed by atoms with Gasteiger partial charge in [-0.15, -0.1) is 11.8 Å². The molecule has 0 bridgehead atoms. The third-order valence-corrected chi connectivity index (χ3v) is 4.21. The summed E-state index contributed by atoms with van der Waals surface area (Å²) >= 11 is 1.52. The molecule has 1 unspecified atom stereocenters. The van der Waals surface area contributed by atoms with Gasteiger partial charge in [-0.2, -0.15) is 0 Å². The number of rotatable bonds is 7. The van der Waals surface area contributed by atoms with Crippen molar-refractivity contribution < 1.29 is 4.79 Å². The molecule has 0 aliphatic heterocycles. The molecule has 1 atom stereocenters. The van der Waals surface area contributed by atoms with E-state index in [0.29, 0.717) is 0 Å². The Bertz CT molecular complexity index is 421. The second-order valence-corrected chi connectivity index (χ2v) is 6.13. The SMILES string of the molecule is CCCCCNC(=O)C(C)Sc1cccc(C)c1N. The number of nitrogens with two attached hydrogens (primary N) is 1. The van der Waals surface area contributed by atoms with Gasteiger partial charge >= 0.3 is 0 Å². The highest BCUT2D eigenvalue weighted by Crippen LogP contribution is 2.30. The first-order valence-electron chi connectivity index (χ1n) is 6.85. The van der Waals surface area contributed by atoms with Gasteiger partial charge in [0.2, 0.25) is 5.91 Å². The lowest BCUT2D eigenvalue weighted by atomic mass is 10.2. The van der Waals surface area contributed by atoms with Crippen LogP contribution in [0.3, 0.4) is 0 Å². The summed E-state index contributed by atoms with van der Waals surface area (Å²) in [6.45, 7) is 6.82. The minimum atomic E-state index is -0.120. The Labute approximate surface area is 120 Å². The van der Waals surface area contributed by atoms with Crippen molar-refractivity contribution in [2.24, 2.45) is 0 Å². The van der Waals surface area contributed by atoms with Crippen LogP contribution in [0, 0.1) is 6.92 Å². The number of thioether (sulfide) groups is 1.